The molecule has 1 aromatic heterocycles. The van der Waals surface area contributed by atoms with E-state index in [0.717, 1.165) is 13.0 Å². The van der Waals surface area contributed by atoms with Crippen molar-refractivity contribution in [2.24, 2.45) is 0 Å². The van der Waals surface area contributed by atoms with Crippen LogP contribution in [0.1, 0.15) is 18.2 Å². The zero-order valence-corrected chi connectivity index (χ0v) is 10.2. The average Bonchev–Trinajstić information content (AvgIpc) is 2.99. The molecule has 1 atom stereocenters. The van der Waals surface area contributed by atoms with Crippen LogP contribution in [-0.2, 0) is 4.74 Å². The second-order valence-corrected chi connectivity index (χ2v) is 4.62. The number of phenols is 1. The van der Waals surface area contributed by atoms with Gasteiger partial charge in [0, 0.05) is 17.5 Å². The first kappa shape index (κ1) is 11.5. The molecule has 0 saturated carbocycles. The predicted molar refractivity (Wildman–Crippen MR) is 64.6 cm³/mol. The molecule has 1 saturated heterocycles. The van der Waals surface area contributed by atoms with Gasteiger partial charge in [-0.3, -0.25) is 0 Å². The van der Waals surface area contributed by atoms with E-state index < -0.39 is 0 Å². The summed E-state index contributed by atoms with van der Waals surface area (Å²) in [5, 5.41) is 14.2. The van der Waals surface area contributed by atoms with Gasteiger partial charge in [0.2, 0.25) is 0 Å². The highest BCUT2D eigenvalue weighted by Crippen LogP contribution is 2.32. The van der Waals surface area contributed by atoms with Gasteiger partial charge in [0.15, 0.2) is 5.82 Å². The summed E-state index contributed by atoms with van der Waals surface area (Å²) in [6.07, 6.45) is 0.894. The monoisotopic (exact) mass is 266 g/mol. The molecular weight excluding hydrogens is 256 g/mol. The molecule has 5 nitrogen and oxygen atoms in total. The Morgan fingerprint density at radius 2 is 2.28 bits per heavy atom. The Balaban J connectivity index is 1.92. The van der Waals surface area contributed by atoms with Gasteiger partial charge in [-0.25, -0.2) is 0 Å². The van der Waals surface area contributed by atoms with Gasteiger partial charge in [-0.05, 0) is 24.6 Å². The maximum atomic E-state index is 9.78. The maximum Gasteiger partial charge on any atom is 0.261 e. The van der Waals surface area contributed by atoms with Gasteiger partial charge in [0.25, 0.3) is 5.89 Å². The van der Waals surface area contributed by atoms with E-state index >= 15 is 0 Å². The lowest BCUT2D eigenvalue weighted by Gasteiger charge is -1.99. The predicted octanol–water partition coefficient (Wildman–Crippen LogP) is 2.60. The third-order valence-electron chi connectivity index (χ3n) is 2.93. The molecule has 0 amide bonds. The Hall–Kier alpha value is -1.59. The fraction of sp³-hybridized carbons (Fsp3) is 0.333. The number of hydrogen-bond acceptors (Lipinski definition) is 5. The van der Waals surface area contributed by atoms with Crippen molar-refractivity contribution in [1.82, 2.24) is 10.1 Å². The van der Waals surface area contributed by atoms with Crippen LogP contribution in [0.3, 0.4) is 0 Å². The summed E-state index contributed by atoms with van der Waals surface area (Å²) in [7, 11) is 0. The molecule has 18 heavy (non-hydrogen) atoms. The van der Waals surface area contributed by atoms with Gasteiger partial charge in [-0.1, -0.05) is 16.8 Å². The van der Waals surface area contributed by atoms with Crippen LogP contribution in [-0.4, -0.2) is 28.5 Å². The summed E-state index contributed by atoms with van der Waals surface area (Å²) in [6.45, 7) is 1.34. The van der Waals surface area contributed by atoms with E-state index in [1.807, 2.05) is 0 Å². The van der Waals surface area contributed by atoms with Gasteiger partial charge >= 0.3 is 0 Å². The van der Waals surface area contributed by atoms with Crippen LogP contribution in [0.4, 0.5) is 0 Å². The van der Waals surface area contributed by atoms with E-state index in [2.05, 4.69) is 10.1 Å². The molecule has 2 heterocycles. The highest BCUT2D eigenvalue weighted by atomic mass is 35.5. The average molecular weight is 267 g/mol. The van der Waals surface area contributed by atoms with Gasteiger partial charge < -0.3 is 14.4 Å². The van der Waals surface area contributed by atoms with E-state index in [1.54, 1.807) is 12.1 Å². The third kappa shape index (κ3) is 2.07. The second kappa shape index (κ2) is 4.59. The SMILES string of the molecule is Oc1cc(Cl)ccc1-c1nc(C2CCOC2)no1. The van der Waals surface area contributed by atoms with E-state index in [9.17, 15) is 5.11 Å². The highest BCUT2D eigenvalue weighted by Gasteiger charge is 2.24. The first-order chi connectivity index (χ1) is 8.74. The number of phenolic OH excluding ortho intramolecular Hbond substituents is 1. The number of aromatic hydroxyl groups is 1. The van der Waals surface area contributed by atoms with Crippen LogP contribution in [0, 0.1) is 0 Å². The Morgan fingerprint density at radius 1 is 1.39 bits per heavy atom. The molecule has 1 aliphatic rings. The maximum absolute atomic E-state index is 9.78. The number of hydrogen-bond donors (Lipinski definition) is 1. The number of aromatic nitrogens is 2. The lowest BCUT2D eigenvalue weighted by Crippen LogP contribution is -1.99. The van der Waals surface area contributed by atoms with E-state index in [-0.39, 0.29) is 11.7 Å². The first-order valence-corrected chi connectivity index (χ1v) is 6.02. The largest absolute Gasteiger partial charge is 0.507 e. The van der Waals surface area contributed by atoms with Crippen LogP contribution in [0.2, 0.25) is 5.02 Å². The summed E-state index contributed by atoms with van der Waals surface area (Å²) in [5.74, 6) is 1.13. The van der Waals surface area contributed by atoms with Crippen LogP contribution in [0.25, 0.3) is 11.5 Å². The van der Waals surface area contributed by atoms with Crippen molar-refractivity contribution in [3.05, 3.63) is 29.0 Å². The fourth-order valence-electron chi connectivity index (χ4n) is 1.93. The Morgan fingerprint density at radius 3 is 3.00 bits per heavy atom. The van der Waals surface area contributed by atoms with Crippen molar-refractivity contribution < 1.29 is 14.4 Å². The van der Waals surface area contributed by atoms with Crippen molar-refractivity contribution in [3.63, 3.8) is 0 Å². The Bertz CT molecular complexity index is 564. The van der Waals surface area contributed by atoms with Gasteiger partial charge in [0.05, 0.1) is 12.2 Å². The molecule has 1 aliphatic heterocycles. The van der Waals surface area contributed by atoms with E-state index in [0.29, 0.717) is 28.9 Å². The minimum absolute atomic E-state index is 0.0281. The quantitative estimate of drug-likeness (QED) is 0.905. The van der Waals surface area contributed by atoms with Crippen LogP contribution < -0.4 is 0 Å². The van der Waals surface area contributed by atoms with Crippen LogP contribution >= 0.6 is 11.6 Å². The van der Waals surface area contributed by atoms with Crippen molar-refractivity contribution in [1.29, 1.82) is 0 Å². The number of halogens is 1. The molecule has 1 aromatic carbocycles. The van der Waals surface area contributed by atoms with Crippen molar-refractivity contribution in [2.75, 3.05) is 13.2 Å². The number of nitrogens with zero attached hydrogens (tertiary/aromatic N) is 2. The fourth-order valence-corrected chi connectivity index (χ4v) is 2.10. The smallest absolute Gasteiger partial charge is 0.261 e. The normalized spacial score (nSPS) is 19.3. The van der Waals surface area contributed by atoms with Crippen LogP contribution in [0.5, 0.6) is 5.75 Å². The first-order valence-electron chi connectivity index (χ1n) is 5.64. The summed E-state index contributed by atoms with van der Waals surface area (Å²) < 4.78 is 10.4. The molecule has 94 valence electrons. The molecule has 1 unspecified atom stereocenters. The molecule has 3 rings (SSSR count). The van der Waals surface area contributed by atoms with Crippen LogP contribution in [0.15, 0.2) is 22.7 Å². The third-order valence-corrected chi connectivity index (χ3v) is 3.16. The number of ether oxygens (including phenoxy) is 1. The minimum Gasteiger partial charge on any atom is -0.507 e. The van der Waals surface area contributed by atoms with Gasteiger partial charge in [0.1, 0.15) is 5.75 Å². The molecule has 0 radical (unpaired) electrons. The van der Waals surface area contributed by atoms with Gasteiger partial charge in [-0.15, -0.1) is 0 Å². The lowest BCUT2D eigenvalue weighted by atomic mass is 10.1. The Labute approximate surface area is 108 Å². The Kier molecular flexibility index (Phi) is 2.93. The number of rotatable bonds is 2. The molecule has 2 aromatic rings. The van der Waals surface area contributed by atoms with Crippen molar-refractivity contribution in [3.8, 4) is 17.2 Å². The molecular formula is C12H11ClN2O3. The summed E-state index contributed by atoms with van der Waals surface area (Å²) in [4.78, 5) is 4.29. The summed E-state index contributed by atoms with van der Waals surface area (Å²) >= 11 is 5.77. The zero-order valence-electron chi connectivity index (χ0n) is 9.47. The van der Waals surface area contributed by atoms with Crippen molar-refractivity contribution >= 4 is 11.6 Å². The van der Waals surface area contributed by atoms with E-state index in [1.165, 1.54) is 6.07 Å². The minimum atomic E-state index is 0.0281. The summed E-state index contributed by atoms with van der Waals surface area (Å²) in [5.41, 5.74) is 0.483. The molecule has 0 bridgehead atoms. The molecule has 0 aliphatic carbocycles. The number of benzene rings is 1. The topological polar surface area (TPSA) is 68.4 Å². The lowest BCUT2D eigenvalue weighted by molar-refractivity contribution is 0.192. The van der Waals surface area contributed by atoms with Crippen molar-refractivity contribution in [2.45, 2.75) is 12.3 Å². The molecule has 6 heteroatoms. The second-order valence-electron chi connectivity index (χ2n) is 4.18. The summed E-state index contributed by atoms with van der Waals surface area (Å²) in [6, 6.07) is 4.76. The molecule has 1 N–H and O–H groups in total. The zero-order chi connectivity index (χ0) is 12.5. The van der Waals surface area contributed by atoms with Gasteiger partial charge in [-0.2, -0.15) is 4.98 Å². The molecule has 0 spiro atoms. The standard InChI is InChI=1S/C12H11ClN2O3/c13-8-1-2-9(10(16)5-8)12-14-11(15-18-12)7-3-4-17-6-7/h1-2,5,7,16H,3-4,6H2. The molecule has 1 fully saturated rings. The highest BCUT2D eigenvalue weighted by molar-refractivity contribution is 6.30. The van der Waals surface area contributed by atoms with E-state index in [4.69, 9.17) is 20.9 Å².